The highest BCUT2D eigenvalue weighted by molar-refractivity contribution is 5.86. The Hall–Kier alpha value is -2.23. The lowest BCUT2D eigenvalue weighted by atomic mass is 10.2. The van der Waals surface area contributed by atoms with Gasteiger partial charge >= 0.3 is 5.97 Å². The van der Waals surface area contributed by atoms with Gasteiger partial charge in [-0.25, -0.2) is 9.78 Å². The number of carbonyl (C=O) groups excluding carboxylic acids is 1. The standard InChI is InChI=1S/C14H14N2O2/c1-2-12-8-15-9-13(16-12)14(17)18-10-11-6-4-3-5-7-11/h3-9H,2,10H2,1H3. The van der Waals surface area contributed by atoms with Crippen LogP contribution in [0.25, 0.3) is 0 Å². The molecule has 1 aromatic heterocycles. The van der Waals surface area contributed by atoms with Crippen LogP contribution in [0.3, 0.4) is 0 Å². The molecule has 0 fully saturated rings. The summed E-state index contributed by atoms with van der Waals surface area (Å²) in [5.74, 6) is -0.443. The van der Waals surface area contributed by atoms with E-state index in [9.17, 15) is 4.79 Å². The van der Waals surface area contributed by atoms with Crippen LogP contribution in [0.2, 0.25) is 0 Å². The molecule has 0 amide bonds. The number of aromatic nitrogens is 2. The fourth-order valence-corrected chi connectivity index (χ4v) is 1.47. The van der Waals surface area contributed by atoms with Crippen LogP contribution in [0.5, 0.6) is 0 Å². The van der Waals surface area contributed by atoms with Crippen LogP contribution in [-0.4, -0.2) is 15.9 Å². The molecule has 0 aliphatic carbocycles. The second kappa shape index (κ2) is 5.91. The smallest absolute Gasteiger partial charge is 0.358 e. The predicted molar refractivity (Wildman–Crippen MR) is 67.0 cm³/mol. The summed E-state index contributed by atoms with van der Waals surface area (Å²) < 4.78 is 5.17. The summed E-state index contributed by atoms with van der Waals surface area (Å²) >= 11 is 0. The van der Waals surface area contributed by atoms with E-state index in [-0.39, 0.29) is 12.3 Å². The molecule has 4 nitrogen and oxygen atoms in total. The van der Waals surface area contributed by atoms with Crippen molar-refractivity contribution in [2.75, 3.05) is 0 Å². The lowest BCUT2D eigenvalue weighted by molar-refractivity contribution is 0.0465. The Balaban J connectivity index is 1.99. The number of hydrogen-bond acceptors (Lipinski definition) is 4. The molecule has 0 bridgehead atoms. The van der Waals surface area contributed by atoms with Gasteiger partial charge in [-0.2, -0.15) is 0 Å². The van der Waals surface area contributed by atoms with E-state index in [4.69, 9.17) is 4.74 Å². The van der Waals surface area contributed by atoms with Crippen molar-refractivity contribution in [2.24, 2.45) is 0 Å². The summed E-state index contributed by atoms with van der Waals surface area (Å²) in [5, 5.41) is 0. The van der Waals surface area contributed by atoms with Gasteiger partial charge in [0.2, 0.25) is 0 Å². The maximum Gasteiger partial charge on any atom is 0.358 e. The maximum atomic E-state index is 11.8. The average molecular weight is 242 g/mol. The zero-order valence-electron chi connectivity index (χ0n) is 10.2. The van der Waals surface area contributed by atoms with Gasteiger partial charge in [-0.05, 0) is 12.0 Å². The number of benzene rings is 1. The largest absolute Gasteiger partial charge is 0.456 e. The van der Waals surface area contributed by atoms with E-state index in [0.717, 1.165) is 17.7 Å². The van der Waals surface area contributed by atoms with Crippen LogP contribution < -0.4 is 0 Å². The quantitative estimate of drug-likeness (QED) is 0.772. The van der Waals surface area contributed by atoms with E-state index in [1.54, 1.807) is 6.20 Å². The summed E-state index contributed by atoms with van der Waals surface area (Å²) in [7, 11) is 0. The molecule has 0 unspecified atom stereocenters. The number of nitrogens with zero attached hydrogens (tertiary/aromatic N) is 2. The van der Waals surface area contributed by atoms with Crippen molar-refractivity contribution in [3.8, 4) is 0 Å². The van der Waals surface area contributed by atoms with Gasteiger partial charge in [-0.15, -0.1) is 0 Å². The van der Waals surface area contributed by atoms with Crippen LogP contribution in [0.4, 0.5) is 0 Å². The lowest BCUT2D eigenvalue weighted by Crippen LogP contribution is -2.09. The Bertz CT molecular complexity index is 526. The molecule has 0 saturated heterocycles. The molecule has 0 aliphatic heterocycles. The van der Waals surface area contributed by atoms with E-state index < -0.39 is 5.97 Å². The molecule has 18 heavy (non-hydrogen) atoms. The molecular weight excluding hydrogens is 228 g/mol. The van der Waals surface area contributed by atoms with Gasteiger partial charge < -0.3 is 4.74 Å². The predicted octanol–water partition coefficient (Wildman–Crippen LogP) is 2.40. The van der Waals surface area contributed by atoms with Crippen molar-refractivity contribution in [1.82, 2.24) is 9.97 Å². The lowest BCUT2D eigenvalue weighted by Gasteiger charge is -2.04. The summed E-state index contributed by atoms with van der Waals surface area (Å²) in [4.78, 5) is 19.9. The third kappa shape index (κ3) is 3.13. The number of rotatable bonds is 4. The zero-order chi connectivity index (χ0) is 12.8. The Morgan fingerprint density at radius 3 is 2.72 bits per heavy atom. The van der Waals surface area contributed by atoms with E-state index in [0.29, 0.717) is 0 Å². The van der Waals surface area contributed by atoms with Crippen molar-refractivity contribution in [3.63, 3.8) is 0 Å². The van der Waals surface area contributed by atoms with Gasteiger partial charge in [-0.3, -0.25) is 4.98 Å². The molecule has 1 heterocycles. The van der Waals surface area contributed by atoms with Crippen LogP contribution in [0.1, 0.15) is 28.7 Å². The van der Waals surface area contributed by atoms with Crippen molar-refractivity contribution in [1.29, 1.82) is 0 Å². The first-order valence-electron chi connectivity index (χ1n) is 5.81. The fraction of sp³-hybridized carbons (Fsp3) is 0.214. The van der Waals surface area contributed by atoms with E-state index >= 15 is 0 Å². The number of ether oxygens (including phenoxy) is 1. The highest BCUT2D eigenvalue weighted by atomic mass is 16.5. The minimum atomic E-state index is -0.443. The summed E-state index contributed by atoms with van der Waals surface area (Å²) in [6.45, 7) is 2.21. The topological polar surface area (TPSA) is 52.1 Å². The Morgan fingerprint density at radius 1 is 1.22 bits per heavy atom. The van der Waals surface area contributed by atoms with Crippen molar-refractivity contribution in [3.05, 3.63) is 59.7 Å². The van der Waals surface area contributed by atoms with Crippen molar-refractivity contribution >= 4 is 5.97 Å². The average Bonchev–Trinajstić information content (AvgIpc) is 2.46. The number of aryl methyl sites for hydroxylation is 1. The second-order valence-corrected chi connectivity index (χ2v) is 3.81. The first-order valence-corrected chi connectivity index (χ1v) is 5.81. The molecular formula is C14H14N2O2. The first-order chi connectivity index (χ1) is 8.79. The molecule has 2 aromatic rings. The number of carbonyl (C=O) groups is 1. The fourth-order valence-electron chi connectivity index (χ4n) is 1.47. The van der Waals surface area contributed by atoms with Crippen LogP contribution in [0.15, 0.2) is 42.7 Å². The molecule has 0 radical (unpaired) electrons. The molecule has 92 valence electrons. The van der Waals surface area contributed by atoms with E-state index in [1.807, 2.05) is 37.3 Å². The normalized spacial score (nSPS) is 10.1. The van der Waals surface area contributed by atoms with Gasteiger partial charge in [0.25, 0.3) is 0 Å². The Morgan fingerprint density at radius 2 is 2.00 bits per heavy atom. The number of hydrogen-bond donors (Lipinski definition) is 0. The minimum absolute atomic E-state index is 0.248. The van der Waals surface area contributed by atoms with Gasteiger partial charge in [-0.1, -0.05) is 37.3 Å². The maximum absolute atomic E-state index is 11.8. The monoisotopic (exact) mass is 242 g/mol. The zero-order valence-corrected chi connectivity index (χ0v) is 10.2. The van der Waals surface area contributed by atoms with Gasteiger partial charge in [0.05, 0.1) is 11.9 Å². The van der Waals surface area contributed by atoms with Crippen molar-refractivity contribution in [2.45, 2.75) is 20.0 Å². The highest BCUT2D eigenvalue weighted by Crippen LogP contribution is 2.04. The van der Waals surface area contributed by atoms with E-state index in [1.165, 1.54) is 6.20 Å². The van der Waals surface area contributed by atoms with Crippen LogP contribution in [-0.2, 0) is 17.8 Å². The molecule has 0 N–H and O–H groups in total. The molecule has 1 aromatic carbocycles. The van der Waals surface area contributed by atoms with E-state index in [2.05, 4.69) is 9.97 Å². The summed E-state index contributed by atoms with van der Waals surface area (Å²) in [6, 6.07) is 9.53. The van der Waals surface area contributed by atoms with Gasteiger partial charge in [0.1, 0.15) is 6.61 Å². The third-order valence-electron chi connectivity index (χ3n) is 2.47. The molecule has 0 spiro atoms. The molecule has 0 aliphatic rings. The summed E-state index contributed by atoms with van der Waals surface area (Å²) in [5.41, 5.74) is 1.99. The SMILES string of the molecule is CCc1cncc(C(=O)OCc2ccccc2)n1. The van der Waals surface area contributed by atoms with Gasteiger partial charge in [0, 0.05) is 6.20 Å². The first kappa shape index (κ1) is 12.2. The second-order valence-electron chi connectivity index (χ2n) is 3.81. The molecule has 0 atom stereocenters. The summed E-state index contributed by atoms with van der Waals surface area (Å²) in [6.07, 6.45) is 3.81. The van der Waals surface area contributed by atoms with Crippen LogP contribution in [0, 0.1) is 0 Å². The molecule has 0 saturated carbocycles. The van der Waals surface area contributed by atoms with Crippen molar-refractivity contribution < 1.29 is 9.53 Å². The Labute approximate surface area is 106 Å². The molecule has 4 heteroatoms. The minimum Gasteiger partial charge on any atom is -0.456 e. The van der Waals surface area contributed by atoms with Gasteiger partial charge in [0.15, 0.2) is 5.69 Å². The highest BCUT2D eigenvalue weighted by Gasteiger charge is 2.10. The third-order valence-corrected chi connectivity index (χ3v) is 2.47. The molecule has 2 rings (SSSR count). The Kier molecular flexibility index (Phi) is 4.02. The van der Waals surface area contributed by atoms with Crippen LogP contribution >= 0.6 is 0 Å². The number of esters is 1.